The van der Waals surface area contributed by atoms with Crippen molar-refractivity contribution in [3.63, 3.8) is 0 Å². The molecule has 1 aromatic rings. The molecule has 2 rings (SSSR count). The number of hydrogen-bond donors (Lipinski definition) is 2. The molecular formula is C11H16BrClN2OS. The summed E-state index contributed by atoms with van der Waals surface area (Å²) in [6.45, 7) is 4.37. The molecule has 1 unspecified atom stereocenters. The summed E-state index contributed by atoms with van der Waals surface area (Å²) in [5.74, 6) is 0.155. The van der Waals surface area contributed by atoms with Gasteiger partial charge in [-0.3, -0.25) is 4.79 Å². The predicted octanol–water partition coefficient (Wildman–Crippen LogP) is 2.55. The minimum absolute atomic E-state index is 0. The Labute approximate surface area is 120 Å². The molecule has 0 aliphatic carbocycles. The summed E-state index contributed by atoms with van der Waals surface area (Å²) in [6, 6.07) is 4.04. The van der Waals surface area contributed by atoms with E-state index in [1.54, 1.807) is 11.3 Å². The van der Waals surface area contributed by atoms with Gasteiger partial charge in [0.05, 0.1) is 15.7 Å². The fourth-order valence-electron chi connectivity index (χ4n) is 1.84. The van der Waals surface area contributed by atoms with Crippen molar-refractivity contribution >= 4 is 45.6 Å². The average molecular weight is 340 g/mol. The van der Waals surface area contributed by atoms with Crippen LogP contribution in [0.3, 0.4) is 0 Å². The van der Waals surface area contributed by atoms with Gasteiger partial charge in [-0.15, -0.1) is 23.7 Å². The Morgan fingerprint density at radius 3 is 2.94 bits per heavy atom. The van der Waals surface area contributed by atoms with Crippen LogP contribution >= 0.6 is 39.7 Å². The van der Waals surface area contributed by atoms with Crippen molar-refractivity contribution in [2.75, 3.05) is 13.1 Å². The van der Waals surface area contributed by atoms with Gasteiger partial charge in [0.25, 0.3) is 0 Å². The molecule has 0 spiro atoms. The highest BCUT2D eigenvalue weighted by molar-refractivity contribution is 9.11. The fourth-order valence-corrected chi connectivity index (χ4v) is 3.26. The minimum atomic E-state index is -0.228. The molecule has 0 aromatic carbocycles. The lowest BCUT2D eigenvalue weighted by molar-refractivity contribution is -0.129. The molecule has 1 aromatic heterocycles. The highest BCUT2D eigenvalue weighted by atomic mass is 79.9. The van der Waals surface area contributed by atoms with E-state index in [0.717, 1.165) is 23.3 Å². The zero-order valence-corrected chi connectivity index (χ0v) is 12.8. The standard InChI is InChI=1S/C11H15BrN2OS.ClH/c1-11(4-5-13-7-11)10(15)14-6-8-2-3-9(12)16-8;/h2-3,13H,4-7H2,1H3,(H,14,15);1H. The first-order valence-corrected chi connectivity index (χ1v) is 6.94. The smallest absolute Gasteiger partial charge is 0.227 e. The van der Waals surface area contributed by atoms with Crippen LogP contribution in [-0.2, 0) is 11.3 Å². The highest BCUT2D eigenvalue weighted by Gasteiger charge is 2.35. The van der Waals surface area contributed by atoms with E-state index in [1.165, 1.54) is 4.88 Å². The molecule has 1 saturated heterocycles. The van der Waals surface area contributed by atoms with Crippen LogP contribution in [0.4, 0.5) is 0 Å². The molecule has 0 saturated carbocycles. The molecule has 1 aliphatic rings. The number of rotatable bonds is 3. The molecular weight excluding hydrogens is 324 g/mol. The van der Waals surface area contributed by atoms with E-state index >= 15 is 0 Å². The summed E-state index contributed by atoms with van der Waals surface area (Å²) >= 11 is 5.07. The third-order valence-electron chi connectivity index (χ3n) is 2.97. The van der Waals surface area contributed by atoms with Gasteiger partial charge in [0.2, 0.25) is 5.91 Å². The number of nitrogens with one attached hydrogen (secondary N) is 2. The zero-order valence-electron chi connectivity index (χ0n) is 9.59. The average Bonchev–Trinajstić information content (AvgIpc) is 2.85. The first-order chi connectivity index (χ1) is 7.60. The quantitative estimate of drug-likeness (QED) is 0.888. The number of carbonyl (C=O) groups is 1. The van der Waals surface area contributed by atoms with Gasteiger partial charge in [-0.1, -0.05) is 0 Å². The van der Waals surface area contributed by atoms with Crippen LogP contribution in [0.25, 0.3) is 0 Å². The summed E-state index contributed by atoms with van der Waals surface area (Å²) in [5, 5.41) is 6.24. The molecule has 2 N–H and O–H groups in total. The maximum Gasteiger partial charge on any atom is 0.227 e. The van der Waals surface area contributed by atoms with Crippen LogP contribution in [0, 0.1) is 5.41 Å². The van der Waals surface area contributed by atoms with Crippen LogP contribution in [0.2, 0.25) is 0 Å². The number of amides is 1. The number of halogens is 2. The third kappa shape index (κ3) is 3.68. The summed E-state index contributed by atoms with van der Waals surface area (Å²) in [6.07, 6.45) is 0.924. The van der Waals surface area contributed by atoms with E-state index in [9.17, 15) is 4.79 Å². The van der Waals surface area contributed by atoms with Crippen molar-refractivity contribution in [2.45, 2.75) is 19.9 Å². The van der Waals surface area contributed by atoms with E-state index < -0.39 is 0 Å². The Hall–Kier alpha value is -0.100. The largest absolute Gasteiger partial charge is 0.351 e. The van der Waals surface area contributed by atoms with Gasteiger partial charge in [-0.05, 0) is 48.0 Å². The Morgan fingerprint density at radius 1 is 1.65 bits per heavy atom. The van der Waals surface area contributed by atoms with E-state index in [1.807, 2.05) is 19.1 Å². The van der Waals surface area contributed by atoms with Crippen LogP contribution in [0.15, 0.2) is 15.9 Å². The van der Waals surface area contributed by atoms with Gasteiger partial charge in [-0.25, -0.2) is 0 Å². The van der Waals surface area contributed by atoms with Crippen LogP contribution in [-0.4, -0.2) is 19.0 Å². The summed E-state index contributed by atoms with van der Waals surface area (Å²) in [4.78, 5) is 13.2. The molecule has 0 bridgehead atoms. The van der Waals surface area contributed by atoms with Crippen LogP contribution in [0.5, 0.6) is 0 Å². The summed E-state index contributed by atoms with van der Waals surface area (Å²) < 4.78 is 1.10. The van der Waals surface area contributed by atoms with Gasteiger partial charge in [-0.2, -0.15) is 0 Å². The fraction of sp³-hybridized carbons (Fsp3) is 0.545. The van der Waals surface area contributed by atoms with Gasteiger partial charge in [0.15, 0.2) is 0 Å². The van der Waals surface area contributed by atoms with Crippen LogP contribution < -0.4 is 10.6 Å². The van der Waals surface area contributed by atoms with E-state index in [0.29, 0.717) is 6.54 Å². The molecule has 1 atom stereocenters. The monoisotopic (exact) mass is 338 g/mol. The molecule has 6 heteroatoms. The Balaban J connectivity index is 0.00000144. The van der Waals surface area contributed by atoms with Gasteiger partial charge in [0, 0.05) is 11.4 Å². The van der Waals surface area contributed by atoms with Crippen molar-refractivity contribution < 1.29 is 4.79 Å². The van der Waals surface area contributed by atoms with Gasteiger partial charge in [0.1, 0.15) is 0 Å². The summed E-state index contributed by atoms with van der Waals surface area (Å²) in [7, 11) is 0. The zero-order chi connectivity index (χ0) is 11.6. The van der Waals surface area contributed by atoms with E-state index in [2.05, 4.69) is 26.6 Å². The number of carbonyl (C=O) groups excluding carboxylic acids is 1. The maximum atomic E-state index is 12.0. The van der Waals surface area contributed by atoms with Crippen molar-refractivity contribution in [2.24, 2.45) is 5.41 Å². The van der Waals surface area contributed by atoms with Crippen molar-refractivity contribution in [3.8, 4) is 0 Å². The second kappa shape index (κ2) is 6.18. The molecule has 96 valence electrons. The van der Waals surface area contributed by atoms with Crippen molar-refractivity contribution in [1.29, 1.82) is 0 Å². The SMILES string of the molecule is CC1(C(=O)NCc2ccc(Br)s2)CCNC1.Cl. The topological polar surface area (TPSA) is 41.1 Å². The van der Waals surface area contributed by atoms with Crippen molar-refractivity contribution in [1.82, 2.24) is 10.6 Å². The molecule has 1 fully saturated rings. The molecule has 2 heterocycles. The highest BCUT2D eigenvalue weighted by Crippen LogP contribution is 2.25. The first kappa shape index (κ1) is 15.0. The third-order valence-corrected chi connectivity index (χ3v) is 4.59. The lowest BCUT2D eigenvalue weighted by atomic mass is 9.89. The first-order valence-electron chi connectivity index (χ1n) is 5.33. The number of thiophene rings is 1. The van der Waals surface area contributed by atoms with Gasteiger partial charge < -0.3 is 10.6 Å². The predicted molar refractivity (Wildman–Crippen MR) is 76.7 cm³/mol. The maximum absolute atomic E-state index is 12.0. The Morgan fingerprint density at radius 2 is 2.41 bits per heavy atom. The second-order valence-electron chi connectivity index (χ2n) is 4.38. The Bertz CT molecular complexity index is 391. The summed E-state index contributed by atoms with van der Waals surface area (Å²) in [5.41, 5.74) is -0.228. The molecule has 17 heavy (non-hydrogen) atoms. The lowest BCUT2D eigenvalue weighted by Crippen LogP contribution is -2.39. The van der Waals surface area contributed by atoms with Crippen LogP contribution in [0.1, 0.15) is 18.2 Å². The molecule has 1 amide bonds. The normalized spacial score (nSPS) is 23.2. The molecule has 3 nitrogen and oxygen atoms in total. The van der Waals surface area contributed by atoms with Gasteiger partial charge >= 0.3 is 0 Å². The minimum Gasteiger partial charge on any atom is -0.351 e. The molecule has 0 radical (unpaired) electrons. The second-order valence-corrected chi connectivity index (χ2v) is 6.92. The van der Waals surface area contributed by atoms with E-state index in [-0.39, 0.29) is 23.7 Å². The number of hydrogen-bond acceptors (Lipinski definition) is 3. The lowest BCUT2D eigenvalue weighted by Gasteiger charge is -2.21. The molecule has 1 aliphatic heterocycles. The van der Waals surface area contributed by atoms with Crippen molar-refractivity contribution in [3.05, 3.63) is 20.8 Å². The Kier molecular flexibility index (Phi) is 5.44. The van der Waals surface area contributed by atoms with E-state index in [4.69, 9.17) is 0 Å².